The lowest BCUT2D eigenvalue weighted by atomic mass is 11.9. The molecule has 0 amide bonds. The van der Waals surface area contributed by atoms with E-state index in [1.165, 1.54) is 18.0 Å². The topological polar surface area (TPSA) is 34.1 Å². The van der Waals surface area contributed by atoms with Crippen molar-refractivity contribution in [2.45, 2.75) is 0 Å². The van der Waals surface area contributed by atoms with Gasteiger partial charge in [0.15, 0.2) is 9.84 Å². The standard InChI is InChI=1S/C4H10O2S4/c1-7-9-3-8-4-10(2,5)6/h3-4H2,1-2H3. The third-order valence-corrected chi connectivity index (χ3v) is 5.79. The van der Waals surface area contributed by atoms with Gasteiger partial charge in [-0.2, -0.15) is 0 Å². The van der Waals surface area contributed by atoms with Crippen LogP contribution in [-0.4, -0.2) is 31.1 Å². The molecule has 0 heterocycles. The summed E-state index contributed by atoms with van der Waals surface area (Å²) in [6, 6.07) is 0. The van der Waals surface area contributed by atoms with Crippen molar-refractivity contribution in [2.24, 2.45) is 0 Å². The molecular weight excluding hydrogens is 208 g/mol. The summed E-state index contributed by atoms with van der Waals surface area (Å²) >= 11 is 1.44. The molecule has 0 aliphatic carbocycles. The Morgan fingerprint density at radius 2 is 2.00 bits per heavy atom. The quantitative estimate of drug-likeness (QED) is 0.398. The van der Waals surface area contributed by atoms with Gasteiger partial charge in [-0.3, -0.25) is 0 Å². The van der Waals surface area contributed by atoms with Crippen LogP contribution in [0.5, 0.6) is 0 Å². The van der Waals surface area contributed by atoms with Gasteiger partial charge in [-0.05, 0) is 6.26 Å². The molecule has 0 aromatic carbocycles. The minimum atomic E-state index is -2.76. The lowest BCUT2D eigenvalue weighted by Gasteiger charge is -1.95. The van der Waals surface area contributed by atoms with Gasteiger partial charge in [-0.15, -0.1) is 11.8 Å². The van der Waals surface area contributed by atoms with E-state index in [9.17, 15) is 8.42 Å². The van der Waals surface area contributed by atoms with Crippen LogP contribution >= 0.6 is 33.3 Å². The van der Waals surface area contributed by atoms with E-state index in [1.807, 2.05) is 6.26 Å². The first-order chi connectivity index (χ1) is 4.56. The molecule has 0 unspecified atom stereocenters. The zero-order valence-corrected chi connectivity index (χ0v) is 9.13. The first-order valence-electron chi connectivity index (χ1n) is 2.47. The van der Waals surface area contributed by atoms with Crippen LogP contribution in [0.3, 0.4) is 0 Å². The highest BCUT2D eigenvalue weighted by atomic mass is 33.1. The van der Waals surface area contributed by atoms with Crippen LogP contribution in [0, 0.1) is 0 Å². The average molecular weight is 218 g/mol. The Kier molecular flexibility index (Phi) is 6.19. The minimum absolute atomic E-state index is 0.237. The highest BCUT2D eigenvalue weighted by Gasteiger charge is 2.00. The van der Waals surface area contributed by atoms with E-state index in [0.29, 0.717) is 0 Å². The molecule has 0 rings (SSSR count). The van der Waals surface area contributed by atoms with Crippen molar-refractivity contribution in [3.8, 4) is 0 Å². The third kappa shape index (κ3) is 9.00. The van der Waals surface area contributed by atoms with E-state index in [1.54, 1.807) is 21.6 Å². The molecule has 0 fully saturated rings. The molecule has 0 aliphatic heterocycles. The summed E-state index contributed by atoms with van der Waals surface area (Å²) in [7, 11) is 0.553. The van der Waals surface area contributed by atoms with E-state index in [4.69, 9.17) is 0 Å². The maximum absolute atomic E-state index is 10.6. The van der Waals surface area contributed by atoms with Crippen LogP contribution < -0.4 is 0 Å². The molecule has 0 aromatic rings. The van der Waals surface area contributed by atoms with Crippen molar-refractivity contribution in [3.05, 3.63) is 0 Å². The Morgan fingerprint density at radius 1 is 1.40 bits per heavy atom. The van der Waals surface area contributed by atoms with Crippen LogP contribution in [0.2, 0.25) is 0 Å². The summed E-state index contributed by atoms with van der Waals surface area (Å²) in [4.78, 5) is 0. The Bertz CT molecular complexity index is 162. The molecule has 0 spiro atoms. The fourth-order valence-electron chi connectivity index (χ4n) is 0.268. The zero-order chi connectivity index (χ0) is 8.04. The molecule has 0 saturated heterocycles. The van der Waals surface area contributed by atoms with Crippen LogP contribution in [0.4, 0.5) is 0 Å². The Morgan fingerprint density at radius 3 is 2.40 bits per heavy atom. The summed E-state index contributed by atoms with van der Waals surface area (Å²) in [5, 5.41) is 1.08. The van der Waals surface area contributed by atoms with Crippen LogP contribution in [0.15, 0.2) is 0 Å². The second kappa shape index (κ2) is 5.62. The first-order valence-corrected chi connectivity index (χ1v) is 8.41. The summed E-state index contributed by atoms with van der Waals surface area (Å²) in [6.07, 6.45) is 3.23. The SMILES string of the molecule is CSSCSCS(C)(=O)=O. The Labute approximate surface area is 74.2 Å². The van der Waals surface area contributed by atoms with E-state index in [0.717, 1.165) is 5.08 Å². The summed E-state index contributed by atoms with van der Waals surface area (Å²) in [5.41, 5.74) is 0. The number of thioether (sulfide) groups is 1. The molecule has 0 atom stereocenters. The molecular formula is C4H10O2S4. The van der Waals surface area contributed by atoms with Crippen LogP contribution in [0.25, 0.3) is 0 Å². The molecule has 0 saturated carbocycles. The summed E-state index contributed by atoms with van der Waals surface area (Å²) < 4.78 is 21.1. The smallest absolute Gasteiger partial charge is 0.156 e. The van der Waals surface area contributed by atoms with Gasteiger partial charge in [0.25, 0.3) is 0 Å². The highest BCUT2D eigenvalue weighted by Crippen LogP contribution is 2.22. The summed E-state index contributed by atoms with van der Waals surface area (Å²) in [6.45, 7) is 0. The number of hydrogen-bond acceptors (Lipinski definition) is 5. The molecule has 6 heteroatoms. The molecule has 0 bridgehead atoms. The lowest BCUT2D eigenvalue weighted by Crippen LogP contribution is -1.98. The van der Waals surface area contributed by atoms with Gasteiger partial charge in [0.05, 0.1) is 10.2 Å². The van der Waals surface area contributed by atoms with E-state index in [2.05, 4.69) is 0 Å². The van der Waals surface area contributed by atoms with E-state index in [-0.39, 0.29) is 5.08 Å². The number of sulfone groups is 1. The van der Waals surface area contributed by atoms with Gasteiger partial charge in [0, 0.05) is 6.26 Å². The second-order valence-corrected chi connectivity index (χ2v) is 8.07. The van der Waals surface area contributed by atoms with E-state index >= 15 is 0 Å². The van der Waals surface area contributed by atoms with Crippen LogP contribution in [-0.2, 0) is 9.84 Å². The maximum atomic E-state index is 10.6. The zero-order valence-electron chi connectivity index (χ0n) is 5.86. The monoisotopic (exact) mass is 218 g/mol. The predicted octanol–water partition coefficient (Wildman–Crippen LogP) is 1.69. The van der Waals surface area contributed by atoms with Crippen molar-refractivity contribution in [1.82, 2.24) is 0 Å². The molecule has 0 radical (unpaired) electrons. The normalized spacial score (nSPS) is 11.8. The largest absolute Gasteiger partial charge is 0.228 e. The van der Waals surface area contributed by atoms with Crippen molar-refractivity contribution < 1.29 is 8.42 Å². The van der Waals surface area contributed by atoms with Gasteiger partial charge in [-0.25, -0.2) is 8.42 Å². The molecule has 2 nitrogen and oxygen atoms in total. The minimum Gasteiger partial charge on any atom is -0.228 e. The van der Waals surface area contributed by atoms with Gasteiger partial charge < -0.3 is 0 Å². The molecule has 0 N–H and O–H groups in total. The number of hydrogen-bond donors (Lipinski definition) is 0. The van der Waals surface area contributed by atoms with Gasteiger partial charge >= 0.3 is 0 Å². The Balaban J connectivity index is 3.21. The Hall–Kier alpha value is 1.00. The van der Waals surface area contributed by atoms with E-state index < -0.39 is 9.84 Å². The van der Waals surface area contributed by atoms with Gasteiger partial charge in [0.1, 0.15) is 0 Å². The van der Waals surface area contributed by atoms with Gasteiger partial charge in [0.2, 0.25) is 0 Å². The van der Waals surface area contributed by atoms with Crippen molar-refractivity contribution in [1.29, 1.82) is 0 Å². The molecule has 0 aliphatic rings. The fraction of sp³-hybridized carbons (Fsp3) is 1.00. The van der Waals surface area contributed by atoms with Crippen molar-refractivity contribution in [3.63, 3.8) is 0 Å². The van der Waals surface area contributed by atoms with Gasteiger partial charge in [-0.1, -0.05) is 21.6 Å². The fourth-order valence-corrected chi connectivity index (χ4v) is 4.50. The maximum Gasteiger partial charge on any atom is 0.156 e. The average Bonchev–Trinajstić information content (AvgIpc) is 1.78. The van der Waals surface area contributed by atoms with Crippen molar-refractivity contribution in [2.75, 3.05) is 22.7 Å². The third-order valence-electron chi connectivity index (χ3n) is 0.547. The first kappa shape index (κ1) is 11.0. The highest BCUT2D eigenvalue weighted by molar-refractivity contribution is 8.78. The van der Waals surface area contributed by atoms with Crippen LogP contribution in [0.1, 0.15) is 0 Å². The predicted molar refractivity (Wildman–Crippen MR) is 53.3 cm³/mol. The number of rotatable bonds is 5. The molecule has 0 aromatic heterocycles. The summed E-state index contributed by atoms with van der Waals surface area (Å²) in [5.74, 6) is 0. The molecule has 10 heavy (non-hydrogen) atoms. The molecule has 62 valence electrons. The second-order valence-electron chi connectivity index (χ2n) is 1.65. The lowest BCUT2D eigenvalue weighted by molar-refractivity contribution is 0.606. The van der Waals surface area contributed by atoms with Crippen molar-refractivity contribution >= 4 is 43.2 Å².